The Kier molecular flexibility index (Phi) is 4.15. The minimum atomic E-state index is 0.406. The molecule has 2 nitrogen and oxygen atoms in total. The molecule has 0 aliphatic heterocycles. The highest BCUT2D eigenvalue weighted by Crippen LogP contribution is 2.23. The van der Waals surface area contributed by atoms with Crippen molar-refractivity contribution in [1.82, 2.24) is 9.55 Å². The fourth-order valence-electron chi connectivity index (χ4n) is 2.20. The summed E-state index contributed by atoms with van der Waals surface area (Å²) >= 11 is 13.0. The standard InChI is InChI=1S/C15H11Br2ClN2/c16-11-3-1-10(2-4-11)9-20-14-7-12(17)5-6-13(14)19-15(20)8-18/h1-7H,8-9H2. The van der Waals surface area contributed by atoms with E-state index in [1.54, 1.807) is 0 Å². The molecule has 0 spiro atoms. The van der Waals surface area contributed by atoms with Crippen molar-refractivity contribution >= 4 is 54.5 Å². The van der Waals surface area contributed by atoms with Gasteiger partial charge in [-0.25, -0.2) is 4.98 Å². The van der Waals surface area contributed by atoms with Crippen molar-refractivity contribution in [2.24, 2.45) is 0 Å². The van der Waals surface area contributed by atoms with E-state index in [1.165, 1.54) is 5.56 Å². The Hall–Kier alpha value is -0.840. The van der Waals surface area contributed by atoms with Gasteiger partial charge in [-0.3, -0.25) is 0 Å². The van der Waals surface area contributed by atoms with Gasteiger partial charge in [-0.1, -0.05) is 44.0 Å². The monoisotopic (exact) mass is 412 g/mol. The first-order valence-electron chi connectivity index (χ1n) is 6.12. The fourth-order valence-corrected chi connectivity index (χ4v) is 3.01. The zero-order valence-corrected chi connectivity index (χ0v) is 14.4. The zero-order valence-electron chi connectivity index (χ0n) is 10.5. The predicted molar refractivity (Wildman–Crippen MR) is 90.2 cm³/mol. The van der Waals surface area contributed by atoms with Gasteiger partial charge >= 0.3 is 0 Å². The largest absolute Gasteiger partial charge is 0.322 e. The molecule has 0 radical (unpaired) electrons. The molecule has 3 rings (SSSR count). The Morgan fingerprint density at radius 3 is 2.40 bits per heavy atom. The molecule has 20 heavy (non-hydrogen) atoms. The highest BCUT2D eigenvalue weighted by atomic mass is 79.9. The van der Waals surface area contributed by atoms with Crippen molar-refractivity contribution in [3.05, 3.63) is 62.8 Å². The molecule has 2 aromatic carbocycles. The molecule has 0 aliphatic carbocycles. The van der Waals surface area contributed by atoms with E-state index in [0.717, 1.165) is 32.3 Å². The van der Waals surface area contributed by atoms with E-state index in [4.69, 9.17) is 11.6 Å². The molecule has 0 atom stereocenters. The van der Waals surface area contributed by atoms with Gasteiger partial charge in [0.05, 0.1) is 16.9 Å². The Balaban J connectivity index is 2.08. The van der Waals surface area contributed by atoms with Gasteiger partial charge in [0, 0.05) is 15.5 Å². The summed E-state index contributed by atoms with van der Waals surface area (Å²) in [5, 5.41) is 0. The average molecular weight is 415 g/mol. The molecular weight excluding hydrogens is 403 g/mol. The number of halogens is 3. The maximum atomic E-state index is 6.03. The lowest BCUT2D eigenvalue weighted by molar-refractivity contribution is 0.778. The maximum Gasteiger partial charge on any atom is 0.125 e. The fraction of sp³-hybridized carbons (Fsp3) is 0.133. The Labute approximate surface area is 139 Å². The van der Waals surface area contributed by atoms with Crippen molar-refractivity contribution in [1.29, 1.82) is 0 Å². The van der Waals surface area contributed by atoms with Crippen LogP contribution in [-0.4, -0.2) is 9.55 Å². The van der Waals surface area contributed by atoms with Crippen LogP contribution in [0.2, 0.25) is 0 Å². The molecule has 1 heterocycles. The third-order valence-electron chi connectivity index (χ3n) is 3.16. The number of imidazole rings is 1. The van der Waals surface area contributed by atoms with Crippen molar-refractivity contribution in [3.63, 3.8) is 0 Å². The maximum absolute atomic E-state index is 6.03. The molecule has 0 bridgehead atoms. The number of nitrogens with zero attached hydrogens (tertiary/aromatic N) is 2. The van der Waals surface area contributed by atoms with Crippen LogP contribution in [0.3, 0.4) is 0 Å². The Morgan fingerprint density at radius 1 is 1.00 bits per heavy atom. The molecule has 0 saturated carbocycles. The van der Waals surface area contributed by atoms with E-state index in [-0.39, 0.29) is 0 Å². The lowest BCUT2D eigenvalue weighted by Gasteiger charge is -2.08. The number of alkyl halides is 1. The first-order chi connectivity index (χ1) is 9.67. The summed E-state index contributed by atoms with van der Waals surface area (Å²) in [6, 6.07) is 14.4. The smallest absolute Gasteiger partial charge is 0.125 e. The molecule has 5 heteroatoms. The summed E-state index contributed by atoms with van der Waals surface area (Å²) in [6.45, 7) is 0.766. The van der Waals surface area contributed by atoms with Crippen LogP contribution in [0.25, 0.3) is 11.0 Å². The summed E-state index contributed by atoms with van der Waals surface area (Å²) in [6.07, 6.45) is 0. The summed E-state index contributed by atoms with van der Waals surface area (Å²) < 4.78 is 4.29. The van der Waals surface area contributed by atoms with Crippen molar-refractivity contribution < 1.29 is 0 Å². The van der Waals surface area contributed by atoms with E-state index >= 15 is 0 Å². The number of hydrogen-bond acceptors (Lipinski definition) is 1. The van der Waals surface area contributed by atoms with Crippen molar-refractivity contribution in [2.45, 2.75) is 12.4 Å². The lowest BCUT2D eigenvalue weighted by atomic mass is 10.2. The molecule has 0 unspecified atom stereocenters. The molecule has 0 N–H and O–H groups in total. The zero-order chi connectivity index (χ0) is 14.1. The van der Waals surface area contributed by atoms with E-state index in [1.807, 2.05) is 24.3 Å². The van der Waals surface area contributed by atoms with Crippen LogP contribution in [-0.2, 0) is 12.4 Å². The van der Waals surface area contributed by atoms with Gasteiger partial charge in [-0.05, 0) is 35.9 Å². The normalized spacial score (nSPS) is 11.2. The second kappa shape index (κ2) is 5.88. The third kappa shape index (κ3) is 2.78. The van der Waals surface area contributed by atoms with Gasteiger partial charge in [0.1, 0.15) is 5.82 Å². The molecule has 3 aromatic rings. The van der Waals surface area contributed by atoms with Crippen LogP contribution >= 0.6 is 43.5 Å². The Bertz CT molecular complexity index is 750. The van der Waals surface area contributed by atoms with Gasteiger partial charge in [0.2, 0.25) is 0 Å². The minimum absolute atomic E-state index is 0.406. The van der Waals surface area contributed by atoms with Crippen LogP contribution in [0.1, 0.15) is 11.4 Å². The van der Waals surface area contributed by atoms with Crippen molar-refractivity contribution in [3.8, 4) is 0 Å². The highest BCUT2D eigenvalue weighted by Gasteiger charge is 2.10. The van der Waals surface area contributed by atoms with Gasteiger partial charge in [-0.15, -0.1) is 11.6 Å². The number of benzene rings is 2. The molecule has 102 valence electrons. The SMILES string of the molecule is ClCc1nc2ccc(Br)cc2n1Cc1ccc(Br)cc1. The number of rotatable bonds is 3. The number of fused-ring (bicyclic) bond motifs is 1. The quantitative estimate of drug-likeness (QED) is 0.529. The summed E-state index contributed by atoms with van der Waals surface area (Å²) in [5.74, 6) is 1.30. The molecule has 0 fully saturated rings. The van der Waals surface area contributed by atoms with E-state index in [0.29, 0.717) is 5.88 Å². The van der Waals surface area contributed by atoms with Crippen molar-refractivity contribution in [2.75, 3.05) is 0 Å². The van der Waals surface area contributed by atoms with Crippen LogP contribution in [0.15, 0.2) is 51.4 Å². The second-order valence-electron chi connectivity index (χ2n) is 4.51. The minimum Gasteiger partial charge on any atom is -0.322 e. The highest BCUT2D eigenvalue weighted by molar-refractivity contribution is 9.10. The van der Waals surface area contributed by atoms with Crippen LogP contribution in [0.4, 0.5) is 0 Å². The molecule has 1 aromatic heterocycles. The first-order valence-corrected chi connectivity index (χ1v) is 8.24. The van der Waals surface area contributed by atoms with E-state index in [2.05, 4.69) is 59.6 Å². The van der Waals surface area contributed by atoms with Crippen LogP contribution in [0.5, 0.6) is 0 Å². The van der Waals surface area contributed by atoms with Crippen LogP contribution < -0.4 is 0 Å². The predicted octanol–water partition coefficient (Wildman–Crippen LogP) is 5.35. The van der Waals surface area contributed by atoms with E-state index < -0.39 is 0 Å². The number of aromatic nitrogens is 2. The third-order valence-corrected chi connectivity index (χ3v) is 4.42. The summed E-state index contributed by atoms with van der Waals surface area (Å²) in [5.41, 5.74) is 3.29. The first kappa shape index (κ1) is 14.1. The van der Waals surface area contributed by atoms with E-state index in [9.17, 15) is 0 Å². The van der Waals surface area contributed by atoms with Gasteiger partial charge < -0.3 is 4.57 Å². The lowest BCUT2D eigenvalue weighted by Crippen LogP contribution is -2.03. The molecular formula is C15H11Br2ClN2. The number of hydrogen-bond donors (Lipinski definition) is 0. The molecule has 0 amide bonds. The van der Waals surface area contributed by atoms with Gasteiger partial charge in [-0.2, -0.15) is 0 Å². The van der Waals surface area contributed by atoms with Crippen LogP contribution in [0, 0.1) is 0 Å². The Morgan fingerprint density at radius 2 is 1.70 bits per heavy atom. The topological polar surface area (TPSA) is 17.8 Å². The second-order valence-corrected chi connectivity index (χ2v) is 6.61. The summed E-state index contributed by atoms with van der Waals surface area (Å²) in [7, 11) is 0. The average Bonchev–Trinajstić information content (AvgIpc) is 2.79. The van der Waals surface area contributed by atoms with Gasteiger partial charge in [0.25, 0.3) is 0 Å². The summed E-state index contributed by atoms with van der Waals surface area (Å²) in [4.78, 5) is 4.59. The van der Waals surface area contributed by atoms with Gasteiger partial charge in [0.15, 0.2) is 0 Å². The molecule has 0 aliphatic rings. The molecule has 0 saturated heterocycles.